The molecular weight excluding hydrogens is 188 g/mol. The molecule has 1 aliphatic rings. The highest BCUT2D eigenvalue weighted by molar-refractivity contribution is 6.92. The van der Waals surface area contributed by atoms with Crippen LogP contribution in [0.5, 0.6) is 0 Å². The van der Waals surface area contributed by atoms with E-state index in [9.17, 15) is 0 Å². The number of hydrogen-bond donors (Lipinski definition) is 0. The molecule has 1 rings (SSSR count). The van der Waals surface area contributed by atoms with Crippen LogP contribution < -0.4 is 0 Å². The van der Waals surface area contributed by atoms with Crippen LogP contribution in [0.15, 0.2) is 10.4 Å². The Morgan fingerprint density at radius 2 is 0.923 bits per heavy atom. The van der Waals surface area contributed by atoms with Crippen LogP contribution >= 0.6 is 0 Å². The van der Waals surface area contributed by atoms with Crippen LogP contribution in [0, 0.1) is 5.41 Å². The predicted molar refractivity (Wildman–Crippen MR) is 67.5 cm³/mol. The van der Waals surface area contributed by atoms with E-state index < -0.39 is 16.1 Å². The minimum atomic E-state index is -1.02. The van der Waals surface area contributed by atoms with E-state index in [0.717, 1.165) is 0 Å². The smallest absolute Gasteiger partial charge is 0.0730 e. The van der Waals surface area contributed by atoms with Crippen molar-refractivity contribution in [3.63, 3.8) is 0 Å². The molecule has 13 heavy (non-hydrogen) atoms. The molecule has 0 N–H and O–H groups in total. The van der Waals surface area contributed by atoms with E-state index in [0.29, 0.717) is 5.41 Å². The normalized spacial score (nSPS) is 22.2. The third kappa shape index (κ3) is 1.84. The van der Waals surface area contributed by atoms with Gasteiger partial charge in [0.05, 0.1) is 16.1 Å². The van der Waals surface area contributed by atoms with E-state index in [1.165, 1.54) is 0 Å². The lowest BCUT2D eigenvalue weighted by molar-refractivity contribution is 0.705. The molecule has 0 saturated carbocycles. The summed E-state index contributed by atoms with van der Waals surface area (Å²) in [6.07, 6.45) is 0. The Hall–Kier alpha value is 0.174. The van der Waals surface area contributed by atoms with Crippen molar-refractivity contribution in [1.29, 1.82) is 0 Å². The molecule has 0 spiro atoms. The summed E-state index contributed by atoms with van der Waals surface area (Å²) in [5.74, 6) is 0. The van der Waals surface area contributed by atoms with Gasteiger partial charge in [-0.25, -0.2) is 0 Å². The standard InChI is InChI=1S/C11H24Si2/c1-11(2)9(12(3,4)5)10(11)13(6,7)8/h1-8H3. The Kier molecular flexibility index (Phi) is 2.25. The summed E-state index contributed by atoms with van der Waals surface area (Å²) in [4.78, 5) is 0. The van der Waals surface area contributed by atoms with E-state index in [-0.39, 0.29) is 0 Å². The lowest BCUT2D eigenvalue weighted by Crippen LogP contribution is -2.22. The monoisotopic (exact) mass is 212 g/mol. The van der Waals surface area contributed by atoms with Crippen LogP contribution in [0.3, 0.4) is 0 Å². The maximum atomic E-state index is 2.48. The van der Waals surface area contributed by atoms with Crippen molar-refractivity contribution in [2.24, 2.45) is 5.41 Å². The minimum Gasteiger partial charge on any atom is -0.0757 e. The van der Waals surface area contributed by atoms with Crippen LogP contribution in [0.4, 0.5) is 0 Å². The van der Waals surface area contributed by atoms with Crippen LogP contribution in [-0.2, 0) is 0 Å². The van der Waals surface area contributed by atoms with Gasteiger partial charge in [0, 0.05) is 0 Å². The van der Waals surface area contributed by atoms with Crippen LogP contribution in [0.2, 0.25) is 39.3 Å². The third-order valence-corrected chi connectivity index (χ3v) is 7.94. The fourth-order valence-corrected chi connectivity index (χ4v) is 11.5. The van der Waals surface area contributed by atoms with Gasteiger partial charge in [-0.05, 0) is 5.41 Å². The van der Waals surface area contributed by atoms with E-state index in [2.05, 4.69) is 53.1 Å². The Morgan fingerprint density at radius 3 is 1.00 bits per heavy atom. The van der Waals surface area contributed by atoms with Gasteiger partial charge in [0.2, 0.25) is 0 Å². The summed E-state index contributed by atoms with van der Waals surface area (Å²) < 4.78 is 0. The van der Waals surface area contributed by atoms with E-state index in [1.54, 1.807) is 0 Å². The molecule has 0 aromatic rings. The largest absolute Gasteiger partial charge is 0.0757 e. The number of hydrogen-bond acceptors (Lipinski definition) is 0. The zero-order valence-electron chi connectivity index (χ0n) is 10.5. The quantitative estimate of drug-likeness (QED) is 0.605. The molecule has 0 unspecified atom stereocenters. The van der Waals surface area contributed by atoms with Crippen LogP contribution in [0.25, 0.3) is 0 Å². The first-order valence-electron chi connectivity index (χ1n) is 5.25. The molecule has 0 fully saturated rings. The lowest BCUT2D eigenvalue weighted by atomic mass is 10.1. The topological polar surface area (TPSA) is 0 Å². The second-order valence-electron chi connectivity index (χ2n) is 6.88. The van der Waals surface area contributed by atoms with Gasteiger partial charge in [-0.15, -0.1) is 0 Å². The second kappa shape index (κ2) is 2.60. The molecule has 2 heteroatoms. The fourth-order valence-electron chi connectivity index (χ4n) is 3.09. The molecule has 0 amide bonds. The average molecular weight is 212 g/mol. The maximum Gasteiger partial charge on any atom is 0.0730 e. The number of rotatable bonds is 2. The first-order chi connectivity index (χ1) is 5.49. The molecule has 76 valence electrons. The van der Waals surface area contributed by atoms with Crippen molar-refractivity contribution in [1.82, 2.24) is 0 Å². The van der Waals surface area contributed by atoms with E-state index in [1.807, 2.05) is 10.4 Å². The Balaban J connectivity index is 3.05. The van der Waals surface area contributed by atoms with Crippen molar-refractivity contribution < 1.29 is 0 Å². The lowest BCUT2D eigenvalue weighted by Gasteiger charge is -2.18. The van der Waals surface area contributed by atoms with Gasteiger partial charge in [0.25, 0.3) is 0 Å². The van der Waals surface area contributed by atoms with Gasteiger partial charge < -0.3 is 0 Å². The summed E-state index contributed by atoms with van der Waals surface area (Å²) in [6.45, 7) is 19.7. The molecule has 0 nitrogen and oxygen atoms in total. The van der Waals surface area contributed by atoms with Crippen molar-refractivity contribution in [3.8, 4) is 0 Å². The molecule has 0 heterocycles. The van der Waals surface area contributed by atoms with Crippen molar-refractivity contribution in [2.75, 3.05) is 0 Å². The molecule has 0 saturated heterocycles. The zero-order chi connectivity index (χ0) is 10.7. The fraction of sp³-hybridized carbons (Fsp3) is 0.818. The summed E-state index contributed by atoms with van der Waals surface area (Å²) in [5.41, 5.74) is 0.509. The van der Waals surface area contributed by atoms with Crippen molar-refractivity contribution in [2.45, 2.75) is 53.1 Å². The van der Waals surface area contributed by atoms with Crippen LogP contribution in [0.1, 0.15) is 13.8 Å². The summed E-state index contributed by atoms with van der Waals surface area (Å²) >= 11 is 0. The first-order valence-corrected chi connectivity index (χ1v) is 12.2. The Bertz CT molecular complexity index is 233. The van der Waals surface area contributed by atoms with E-state index in [4.69, 9.17) is 0 Å². The van der Waals surface area contributed by atoms with Gasteiger partial charge in [-0.3, -0.25) is 0 Å². The molecule has 0 atom stereocenters. The Labute approximate surface area is 85.5 Å². The van der Waals surface area contributed by atoms with Gasteiger partial charge in [0.1, 0.15) is 0 Å². The highest BCUT2D eigenvalue weighted by atomic mass is 28.3. The molecule has 0 aliphatic heterocycles. The second-order valence-corrected chi connectivity index (χ2v) is 16.9. The van der Waals surface area contributed by atoms with Crippen LogP contribution in [-0.4, -0.2) is 16.1 Å². The SMILES string of the molecule is CC1(C)C([Si](C)(C)C)=C1[Si](C)(C)C. The molecular formula is C11H24Si2. The van der Waals surface area contributed by atoms with Crippen molar-refractivity contribution >= 4 is 16.1 Å². The maximum absolute atomic E-state index is 2.48. The summed E-state index contributed by atoms with van der Waals surface area (Å²) in [7, 11) is -2.03. The summed E-state index contributed by atoms with van der Waals surface area (Å²) in [5, 5.41) is 3.75. The van der Waals surface area contributed by atoms with Gasteiger partial charge in [0.15, 0.2) is 0 Å². The first kappa shape index (κ1) is 11.2. The van der Waals surface area contributed by atoms with Gasteiger partial charge in [-0.1, -0.05) is 63.5 Å². The molecule has 1 aliphatic carbocycles. The zero-order valence-corrected chi connectivity index (χ0v) is 12.5. The summed E-state index contributed by atoms with van der Waals surface area (Å²) in [6, 6.07) is 0. The Morgan fingerprint density at radius 1 is 0.692 bits per heavy atom. The van der Waals surface area contributed by atoms with Gasteiger partial charge in [-0.2, -0.15) is 0 Å². The molecule has 0 radical (unpaired) electrons. The number of allylic oxidation sites excluding steroid dienone is 2. The minimum absolute atomic E-state index is 0.509. The predicted octanol–water partition coefficient (Wildman–Crippen LogP) is 4.08. The van der Waals surface area contributed by atoms with Gasteiger partial charge >= 0.3 is 0 Å². The molecule has 0 aromatic carbocycles. The molecule has 0 aromatic heterocycles. The average Bonchev–Trinajstić information content (AvgIpc) is 2.29. The highest BCUT2D eigenvalue weighted by Gasteiger charge is 2.54. The third-order valence-electron chi connectivity index (χ3n) is 2.94. The van der Waals surface area contributed by atoms with E-state index >= 15 is 0 Å². The highest BCUT2D eigenvalue weighted by Crippen LogP contribution is 2.59. The van der Waals surface area contributed by atoms with Crippen molar-refractivity contribution in [3.05, 3.63) is 10.4 Å². The molecule has 0 bridgehead atoms.